The van der Waals surface area contributed by atoms with Gasteiger partial charge in [-0.1, -0.05) is 45.9 Å². The zero-order valence-corrected chi connectivity index (χ0v) is 17.7. The molecule has 2 aromatic rings. The quantitative estimate of drug-likeness (QED) is 0.687. The molecule has 0 aliphatic heterocycles. The first kappa shape index (κ1) is 21.6. The number of fused-ring (bicyclic) bond motifs is 1. The molecule has 0 aromatic heterocycles. The van der Waals surface area contributed by atoms with Crippen LogP contribution in [-0.2, 0) is 20.4 Å². The summed E-state index contributed by atoms with van der Waals surface area (Å²) in [4.78, 5) is 37.2. The molecular weight excluding hydrogens is 382 g/mol. The van der Waals surface area contributed by atoms with Crippen LogP contribution in [0.2, 0.25) is 0 Å². The van der Waals surface area contributed by atoms with Crippen LogP contribution < -0.4 is 4.90 Å². The van der Waals surface area contributed by atoms with E-state index in [4.69, 9.17) is 0 Å². The Morgan fingerprint density at radius 3 is 2.10 bits per heavy atom. The van der Waals surface area contributed by atoms with Crippen molar-refractivity contribution in [1.29, 1.82) is 0 Å². The minimum atomic E-state index is -1.27. The highest BCUT2D eigenvalue weighted by atomic mass is 16.4. The first-order valence-corrected chi connectivity index (χ1v) is 9.96. The minimum Gasteiger partial charge on any atom is -0.481 e. The molecule has 2 aromatic carbocycles. The summed E-state index contributed by atoms with van der Waals surface area (Å²) in [5.74, 6) is -3.14. The standard InChI is InChI=1S/C24H27NO5/c1-23(2)11-12-24(3,4)18-13-15(9-10-17(18)23)25(20(26)14-21(27)28)19-8-6-5-7-16(19)22(29)30/h5-10,13H,11-12,14H2,1-4H3,(H,27,28)(H,29,30). The van der Waals surface area contributed by atoms with E-state index >= 15 is 0 Å². The average Bonchev–Trinajstić information content (AvgIpc) is 2.65. The van der Waals surface area contributed by atoms with E-state index in [1.54, 1.807) is 18.2 Å². The lowest BCUT2D eigenvalue weighted by Gasteiger charge is -2.42. The molecule has 0 radical (unpaired) electrons. The molecule has 3 rings (SSSR count). The van der Waals surface area contributed by atoms with Crippen molar-refractivity contribution < 1.29 is 24.6 Å². The van der Waals surface area contributed by atoms with Crippen LogP contribution in [0.5, 0.6) is 0 Å². The van der Waals surface area contributed by atoms with Gasteiger partial charge >= 0.3 is 11.9 Å². The van der Waals surface area contributed by atoms with Gasteiger partial charge in [-0.2, -0.15) is 0 Å². The molecule has 0 saturated carbocycles. The Kier molecular flexibility index (Phi) is 5.46. The highest BCUT2D eigenvalue weighted by molar-refractivity contribution is 6.10. The fraction of sp³-hybridized carbons (Fsp3) is 0.375. The van der Waals surface area contributed by atoms with Gasteiger partial charge in [0.05, 0.1) is 11.3 Å². The van der Waals surface area contributed by atoms with E-state index in [0.29, 0.717) is 5.69 Å². The van der Waals surface area contributed by atoms with Crippen molar-refractivity contribution in [2.24, 2.45) is 0 Å². The van der Waals surface area contributed by atoms with Crippen molar-refractivity contribution in [3.8, 4) is 0 Å². The molecule has 158 valence electrons. The lowest BCUT2D eigenvalue weighted by Crippen LogP contribution is -2.35. The van der Waals surface area contributed by atoms with Gasteiger partial charge in [0, 0.05) is 5.69 Å². The normalized spacial score (nSPS) is 16.4. The van der Waals surface area contributed by atoms with Crippen molar-refractivity contribution in [2.45, 2.75) is 57.8 Å². The Bertz CT molecular complexity index is 1020. The summed E-state index contributed by atoms with van der Waals surface area (Å²) < 4.78 is 0. The van der Waals surface area contributed by atoms with Crippen LogP contribution in [0.4, 0.5) is 11.4 Å². The smallest absolute Gasteiger partial charge is 0.337 e. The third kappa shape index (κ3) is 3.95. The van der Waals surface area contributed by atoms with E-state index in [1.807, 2.05) is 12.1 Å². The molecule has 0 saturated heterocycles. The third-order valence-electron chi connectivity index (χ3n) is 6.02. The third-order valence-corrected chi connectivity index (χ3v) is 6.02. The number of anilines is 2. The number of carboxylic acid groups (broad SMARTS) is 2. The maximum atomic E-state index is 12.9. The number of carbonyl (C=O) groups excluding carboxylic acids is 1. The number of benzene rings is 2. The largest absolute Gasteiger partial charge is 0.481 e. The van der Waals surface area contributed by atoms with Gasteiger partial charge in [-0.05, 0) is 59.1 Å². The molecule has 6 heteroatoms. The zero-order valence-electron chi connectivity index (χ0n) is 17.7. The Morgan fingerprint density at radius 2 is 1.50 bits per heavy atom. The molecule has 0 spiro atoms. The van der Waals surface area contributed by atoms with E-state index < -0.39 is 24.3 Å². The monoisotopic (exact) mass is 409 g/mol. The van der Waals surface area contributed by atoms with Crippen molar-refractivity contribution in [3.63, 3.8) is 0 Å². The highest BCUT2D eigenvalue weighted by Crippen LogP contribution is 2.47. The van der Waals surface area contributed by atoms with Crippen LogP contribution in [0.3, 0.4) is 0 Å². The van der Waals surface area contributed by atoms with Gasteiger partial charge in [-0.3, -0.25) is 14.5 Å². The van der Waals surface area contributed by atoms with Crippen LogP contribution in [0.15, 0.2) is 42.5 Å². The Labute approximate surface area is 176 Å². The second-order valence-electron chi connectivity index (χ2n) is 9.12. The highest BCUT2D eigenvalue weighted by Gasteiger charge is 2.38. The average molecular weight is 409 g/mol. The van der Waals surface area contributed by atoms with Gasteiger partial charge in [0.2, 0.25) is 5.91 Å². The minimum absolute atomic E-state index is 0.0156. The van der Waals surface area contributed by atoms with E-state index in [9.17, 15) is 24.6 Å². The molecule has 1 amide bonds. The number of aliphatic carboxylic acids is 1. The number of para-hydroxylation sites is 1. The predicted molar refractivity (Wildman–Crippen MR) is 115 cm³/mol. The Morgan fingerprint density at radius 1 is 0.900 bits per heavy atom. The molecular formula is C24H27NO5. The number of carbonyl (C=O) groups is 3. The number of nitrogens with zero attached hydrogens (tertiary/aromatic N) is 1. The van der Waals surface area contributed by atoms with Gasteiger partial charge in [0.15, 0.2) is 0 Å². The molecule has 1 aliphatic rings. The molecule has 6 nitrogen and oxygen atoms in total. The lowest BCUT2D eigenvalue weighted by molar-refractivity contribution is -0.139. The zero-order chi connectivity index (χ0) is 22.3. The summed E-state index contributed by atoms with van der Waals surface area (Å²) in [7, 11) is 0. The predicted octanol–water partition coefficient (Wildman–Crippen LogP) is 4.87. The van der Waals surface area contributed by atoms with Crippen LogP contribution in [-0.4, -0.2) is 28.1 Å². The molecule has 2 N–H and O–H groups in total. The summed E-state index contributed by atoms with van der Waals surface area (Å²) >= 11 is 0. The van der Waals surface area contributed by atoms with E-state index in [0.717, 1.165) is 18.4 Å². The fourth-order valence-corrected chi connectivity index (χ4v) is 4.19. The van der Waals surface area contributed by atoms with Gasteiger partial charge in [0.1, 0.15) is 6.42 Å². The molecule has 0 atom stereocenters. The van der Waals surface area contributed by atoms with Gasteiger partial charge in [0.25, 0.3) is 0 Å². The number of rotatable bonds is 5. The fourth-order valence-electron chi connectivity index (χ4n) is 4.19. The van der Waals surface area contributed by atoms with Crippen molar-refractivity contribution >= 4 is 29.2 Å². The lowest BCUT2D eigenvalue weighted by atomic mass is 9.63. The molecule has 30 heavy (non-hydrogen) atoms. The first-order chi connectivity index (χ1) is 13.9. The maximum Gasteiger partial charge on any atom is 0.337 e. The topological polar surface area (TPSA) is 94.9 Å². The number of amides is 1. The van der Waals surface area contributed by atoms with Crippen LogP contribution in [0.25, 0.3) is 0 Å². The van der Waals surface area contributed by atoms with Gasteiger partial charge < -0.3 is 10.2 Å². The molecule has 0 unspecified atom stereocenters. The number of hydrogen-bond acceptors (Lipinski definition) is 3. The summed E-state index contributed by atoms with van der Waals surface area (Å²) in [5, 5.41) is 18.8. The Hall–Kier alpha value is -3.15. The second kappa shape index (κ2) is 7.59. The molecule has 0 heterocycles. The number of hydrogen-bond donors (Lipinski definition) is 2. The summed E-state index contributed by atoms with van der Waals surface area (Å²) in [5.41, 5.74) is 2.72. The van der Waals surface area contributed by atoms with Crippen LogP contribution in [0.1, 0.15) is 68.4 Å². The van der Waals surface area contributed by atoms with Gasteiger partial charge in [-0.25, -0.2) is 4.79 Å². The van der Waals surface area contributed by atoms with Crippen molar-refractivity contribution in [1.82, 2.24) is 0 Å². The molecule has 1 aliphatic carbocycles. The van der Waals surface area contributed by atoms with Gasteiger partial charge in [-0.15, -0.1) is 0 Å². The van der Waals surface area contributed by atoms with Crippen LogP contribution in [0, 0.1) is 0 Å². The van der Waals surface area contributed by atoms with E-state index in [-0.39, 0.29) is 22.1 Å². The van der Waals surface area contributed by atoms with Crippen LogP contribution >= 0.6 is 0 Å². The maximum absolute atomic E-state index is 12.9. The van der Waals surface area contributed by atoms with E-state index in [2.05, 4.69) is 27.7 Å². The number of carboxylic acids is 2. The van der Waals surface area contributed by atoms with Crippen molar-refractivity contribution in [2.75, 3.05) is 4.90 Å². The summed E-state index contributed by atoms with van der Waals surface area (Å²) in [6.07, 6.45) is 1.28. The SMILES string of the molecule is CC1(C)CCC(C)(C)c2cc(N(C(=O)CC(=O)O)c3ccccc3C(=O)O)ccc21. The molecule has 0 fully saturated rings. The Balaban J connectivity index is 2.23. The summed E-state index contributed by atoms with van der Waals surface area (Å²) in [6.45, 7) is 8.68. The molecule has 0 bridgehead atoms. The summed E-state index contributed by atoms with van der Waals surface area (Å²) in [6, 6.07) is 11.8. The number of aromatic carboxylic acids is 1. The van der Waals surface area contributed by atoms with Crippen molar-refractivity contribution in [3.05, 3.63) is 59.2 Å². The second-order valence-corrected chi connectivity index (χ2v) is 9.12. The van der Waals surface area contributed by atoms with E-state index in [1.165, 1.54) is 22.6 Å². The first-order valence-electron chi connectivity index (χ1n) is 9.96.